The molecule has 0 bridgehead atoms. The summed E-state index contributed by atoms with van der Waals surface area (Å²) >= 11 is 5.83. The Bertz CT molecular complexity index is 1100. The summed E-state index contributed by atoms with van der Waals surface area (Å²) < 4.78 is 6.97. The van der Waals surface area contributed by atoms with Gasteiger partial charge >= 0.3 is 5.97 Å². The normalized spacial score (nSPS) is 10.9. The number of carbonyl (C=O) groups excluding carboxylic acids is 2. The number of nitrogens with two attached hydrogens (primary N) is 2. The number of amides is 1. The molecule has 0 aliphatic carbocycles. The van der Waals surface area contributed by atoms with Crippen molar-refractivity contribution in [1.82, 2.24) is 24.8 Å². The maximum absolute atomic E-state index is 12.5. The van der Waals surface area contributed by atoms with E-state index < -0.39 is 11.9 Å². The number of benzene rings is 1. The molecule has 2 aromatic heterocycles. The van der Waals surface area contributed by atoms with Crippen LogP contribution in [-0.4, -0.2) is 38.0 Å². The van der Waals surface area contributed by atoms with Crippen LogP contribution in [0.3, 0.4) is 0 Å². The van der Waals surface area contributed by atoms with Gasteiger partial charge in [0, 0.05) is 6.54 Å². The van der Waals surface area contributed by atoms with Crippen LogP contribution in [-0.2, 0) is 17.8 Å². The third-order valence-electron chi connectivity index (χ3n) is 4.18. The minimum Gasteiger partial charge on any atom is -0.462 e. The number of imidazole rings is 1. The molecule has 0 unspecified atom stereocenters. The van der Waals surface area contributed by atoms with Crippen molar-refractivity contribution < 1.29 is 14.3 Å². The lowest BCUT2D eigenvalue weighted by molar-refractivity contribution is 0.0528. The molecule has 152 valence electrons. The van der Waals surface area contributed by atoms with E-state index in [2.05, 4.69) is 20.3 Å². The number of carbonyl (C=O) groups is 2. The smallest absolute Gasteiger partial charge is 0.340 e. The van der Waals surface area contributed by atoms with Crippen molar-refractivity contribution in [2.45, 2.75) is 26.9 Å². The highest BCUT2D eigenvalue weighted by Gasteiger charge is 2.20. The van der Waals surface area contributed by atoms with E-state index in [0.717, 1.165) is 0 Å². The topological polar surface area (TPSA) is 151 Å². The van der Waals surface area contributed by atoms with Crippen LogP contribution in [0.25, 0.3) is 11.0 Å². The number of aryl methyl sites for hydroxylation is 1. The Morgan fingerprint density at radius 2 is 1.93 bits per heavy atom. The van der Waals surface area contributed by atoms with Crippen LogP contribution in [0.15, 0.2) is 18.2 Å². The van der Waals surface area contributed by atoms with Crippen molar-refractivity contribution in [1.29, 1.82) is 0 Å². The average Bonchev–Trinajstić information content (AvgIpc) is 3.06. The predicted molar refractivity (Wildman–Crippen MR) is 108 cm³/mol. The first kappa shape index (κ1) is 20.3. The maximum atomic E-state index is 12.5. The second-order valence-electron chi connectivity index (χ2n) is 5.98. The first-order chi connectivity index (χ1) is 13.9. The van der Waals surface area contributed by atoms with Crippen LogP contribution in [0, 0.1) is 0 Å². The molecule has 0 fully saturated rings. The summed E-state index contributed by atoms with van der Waals surface area (Å²) in [6.45, 7) is 4.54. The largest absolute Gasteiger partial charge is 0.462 e. The zero-order valence-electron chi connectivity index (χ0n) is 15.9. The van der Waals surface area contributed by atoms with E-state index in [4.69, 9.17) is 27.8 Å². The van der Waals surface area contributed by atoms with Crippen LogP contribution in [0.5, 0.6) is 0 Å². The molecular weight excluding hydrogens is 398 g/mol. The molecule has 0 aliphatic heterocycles. The number of nitrogens with zero attached hydrogens (tertiary/aromatic N) is 4. The molecule has 11 heteroatoms. The number of rotatable bonds is 6. The highest BCUT2D eigenvalue weighted by atomic mass is 35.5. The first-order valence-electron chi connectivity index (χ1n) is 8.89. The molecule has 0 spiro atoms. The number of hydrogen-bond donors (Lipinski definition) is 3. The van der Waals surface area contributed by atoms with Crippen LogP contribution >= 0.6 is 11.6 Å². The predicted octanol–water partition coefficient (Wildman–Crippen LogP) is 1.77. The molecule has 29 heavy (non-hydrogen) atoms. The Labute approximate surface area is 171 Å². The van der Waals surface area contributed by atoms with Crippen molar-refractivity contribution >= 4 is 46.1 Å². The molecule has 10 nitrogen and oxygen atoms in total. The minimum atomic E-state index is -0.572. The Kier molecular flexibility index (Phi) is 5.83. The Morgan fingerprint density at radius 1 is 1.17 bits per heavy atom. The standard InChI is InChI=1S/C18H20ClN7O3/c1-3-26-11(8-22-17(27)12-15(20)25-16(21)14(19)24-12)23-10-7-5-6-9(13(10)26)18(28)29-4-2/h5-7H,3-4,8H2,1-2H3,(H,22,27)(H4,20,21,25). The molecule has 0 atom stereocenters. The summed E-state index contributed by atoms with van der Waals surface area (Å²) in [4.78, 5) is 37.0. The minimum absolute atomic E-state index is 0.0556. The van der Waals surface area contributed by atoms with E-state index in [1.165, 1.54) is 0 Å². The number of nitrogen functional groups attached to an aromatic ring is 2. The van der Waals surface area contributed by atoms with Gasteiger partial charge in [-0.2, -0.15) is 0 Å². The molecule has 0 saturated carbocycles. The Hall–Kier alpha value is -3.40. The summed E-state index contributed by atoms with van der Waals surface area (Å²) in [6, 6.07) is 5.21. The summed E-state index contributed by atoms with van der Waals surface area (Å²) in [7, 11) is 0. The molecule has 3 rings (SSSR count). The molecule has 0 radical (unpaired) electrons. The summed E-state index contributed by atoms with van der Waals surface area (Å²) in [5.74, 6) is -0.626. The van der Waals surface area contributed by atoms with Gasteiger partial charge < -0.3 is 26.1 Å². The number of fused-ring (bicyclic) bond motifs is 1. The van der Waals surface area contributed by atoms with Crippen LogP contribution < -0.4 is 16.8 Å². The number of ether oxygens (including phenoxy) is 1. The lowest BCUT2D eigenvalue weighted by Crippen LogP contribution is -2.27. The van der Waals surface area contributed by atoms with E-state index in [1.54, 1.807) is 25.1 Å². The number of esters is 1. The fourth-order valence-electron chi connectivity index (χ4n) is 2.93. The van der Waals surface area contributed by atoms with Crippen molar-refractivity contribution in [3.05, 3.63) is 40.4 Å². The Morgan fingerprint density at radius 3 is 2.62 bits per heavy atom. The number of nitrogens with one attached hydrogen (secondary N) is 1. The quantitative estimate of drug-likeness (QED) is 0.513. The van der Waals surface area contributed by atoms with Crippen LogP contribution in [0.4, 0.5) is 11.6 Å². The molecule has 2 heterocycles. The van der Waals surface area contributed by atoms with E-state index in [1.807, 2.05) is 11.5 Å². The monoisotopic (exact) mass is 417 g/mol. The van der Waals surface area contributed by atoms with Crippen molar-refractivity contribution in [2.75, 3.05) is 18.1 Å². The van der Waals surface area contributed by atoms with Gasteiger partial charge in [0.25, 0.3) is 5.91 Å². The van der Waals surface area contributed by atoms with Crippen molar-refractivity contribution in [3.8, 4) is 0 Å². The van der Waals surface area contributed by atoms with Crippen molar-refractivity contribution in [2.24, 2.45) is 0 Å². The van der Waals surface area contributed by atoms with Gasteiger partial charge in [0.15, 0.2) is 22.5 Å². The number of anilines is 2. The lowest BCUT2D eigenvalue weighted by atomic mass is 10.2. The van der Waals surface area contributed by atoms with Crippen LogP contribution in [0.2, 0.25) is 5.15 Å². The van der Waals surface area contributed by atoms with Gasteiger partial charge in [0.2, 0.25) is 0 Å². The van der Waals surface area contributed by atoms with E-state index in [-0.39, 0.29) is 35.6 Å². The molecule has 5 N–H and O–H groups in total. The van der Waals surface area contributed by atoms with Gasteiger partial charge in [-0.3, -0.25) is 4.79 Å². The summed E-state index contributed by atoms with van der Waals surface area (Å²) in [6.07, 6.45) is 0. The highest BCUT2D eigenvalue weighted by molar-refractivity contribution is 6.31. The third-order valence-corrected chi connectivity index (χ3v) is 4.46. The summed E-state index contributed by atoms with van der Waals surface area (Å²) in [5, 5.41) is 2.58. The number of aromatic nitrogens is 4. The molecule has 1 amide bonds. The number of para-hydroxylation sites is 1. The zero-order valence-corrected chi connectivity index (χ0v) is 16.7. The fraction of sp³-hybridized carbons (Fsp3) is 0.278. The van der Waals surface area contributed by atoms with E-state index in [0.29, 0.717) is 29.0 Å². The second kappa shape index (κ2) is 8.31. The zero-order chi connectivity index (χ0) is 21.1. The fourth-order valence-corrected chi connectivity index (χ4v) is 3.06. The highest BCUT2D eigenvalue weighted by Crippen LogP contribution is 2.22. The number of hydrogen-bond acceptors (Lipinski definition) is 8. The van der Waals surface area contributed by atoms with Gasteiger partial charge in [-0.1, -0.05) is 17.7 Å². The Balaban J connectivity index is 1.91. The van der Waals surface area contributed by atoms with Gasteiger partial charge in [0.05, 0.1) is 29.7 Å². The van der Waals surface area contributed by atoms with E-state index in [9.17, 15) is 9.59 Å². The van der Waals surface area contributed by atoms with Crippen LogP contribution in [0.1, 0.15) is 40.5 Å². The molecular formula is C18H20ClN7O3. The average molecular weight is 418 g/mol. The van der Waals surface area contributed by atoms with Gasteiger partial charge in [0.1, 0.15) is 5.82 Å². The summed E-state index contributed by atoms with van der Waals surface area (Å²) in [5.41, 5.74) is 12.8. The maximum Gasteiger partial charge on any atom is 0.340 e. The number of halogens is 1. The lowest BCUT2D eigenvalue weighted by Gasteiger charge is -2.10. The van der Waals surface area contributed by atoms with Gasteiger partial charge in [-0.25, -0.2) is 19.7 Å². The first-order valence-corrected chi connectivity index (χ1v) is 9.27. The van der Waals surface area contributed by atoms with Crippen molar-refractivity contribution in [3.63, 3.8) is 0 Å². The van der Waals surface area contributed by atoms with Gasteiger partial charge in [-0.05, 0) is 26.0 Å². The second-order valence-corrected chi connectivity index (χ2v) is 6.34. The molecule has 3 aromatic rings. The SMILES string of the molecule is CCOC(=O)c1cccc2nc(CNC(=O)c3nc(Cl)c(N)nc3N)n(CC)c12. The molecule has 0 aliphatic rings. The molecule has 1 aromatic carbocycles. The van der Waals surface area contributed by atoms with Gasteiger partial charge in [-0.15, -0.1) is 0 Å². The molecule has 0 saturated heterocycles. The van der Waals surface area contributed by atoms with E-state index >= 15 is 0 Å². The third kappa shape index (κ3) is 3.92.